The third kappa shape index (κ3) is 3.99. The molecule has 1 saturated heterocycles. The summed E-state index contributed by atoms with van der Waals surface area (Å²) >= 11 is 9.36. The van der Waals surface area contributed by atoms with E-state index in [-0.39, 0.29) is 12.1 Å². The second-order valence-corrected chi connectivity index (χ2v) is 6.99. The average Bonchev–Trinajstić information content (AvgIpc) is 2.24. The van der Waals surface area contributed by atoms with Gasteiger partial charge in [0.2, 0.25) is 0 Å². The molecule has 0 radical (unpaired) electrons. The first-order valence-electron chi connectivity index (χ1n) is 6.30. The van der Waals surface area contributed by atoms with Crippen LogP contribution >= 0.6 is 27.5 Å². The van der Waals surface area contributed by atoms with Gasteiger partial charge in [-0.05, 0) is 42.8 Å². The SMILES string of the molecule is CC(C)(C)OC(=O)N1CC(Nc2cc(Br)cnc2Cl)C1. The Hall–Kier alpha value is -1.01. The van der Waals surface area contributed by atoms with Crippen LogP contribution in [0.1, 0.15) is 20.8 Å². The fraction of sp³-hybridized carbons (Fsp3) is 0.538. The van der Waals surface area contributed by atoms with E-state index in [1.54, 1.807) is 11.1 Å². The van der Waals surface area contributed by atoms with Gasteiger partial charge in [0.1, 0.15) is 5.60 Å². The van der Waals surface area contributed by atoms with Crippen molar-refractivity contribution in [2.45, 2.75) is 32.4 Å². The third-order valence-electron chi connectivity index (χ3n) is 2.70. The van der Waals surface area contributed by atoms with E-state index in [9.17, 15) is 4.79 Å². The normalized spacial score (nSPS) is 15.8. The number of likely N-dealkylation sites (tertiary alicyclic amines) is 1. The number of nitrogens with zero attached hydrogens (tertiary/aromatic N) is 2. The highest BCUT2D eigenvalue weighted by Crippen LogP contribution is 2.26. The number of pyridine rings is 1. The first-order valence-corrected chi connectivity index (χ1v) is 7.47. The molecule has 1 aliphatic heterocycles. The van der Waals surface area contributed by atoms with Crippen molar-refractivity contribution in [1.29, 1.82) is 0 Å². The van der Waals surface area contributed by atoms with Crippen molar-refractivity contribution in [3.63, 3.8) is 0 Å². The molecule has 0 saturated carbocycles. The van der Waals surface area contributed by atoms with Crippen LogP contribution in [0.2, 0.25) is 5.15 Å². The summed E-state index contributed by atoms with van der Waals surface area (Å²) in [5, 5.41) is 3.68. The van der Waals surface area contributed by atoms with Gasteiger partial charge in [0.25, 0.3) is 0 Å². The van der Waals surface area contributed by atoms with Crippen LogP contribution in [0.4, 0.5) is 10.5 Å². The lowest BCUT2D eigenvalue weighted by Gasteiger charge is -2.40. The Kier molecular flexibility index (Phi) is 4.44. The molecule has 1 fully saturated rings. The van der Waals surface area contributed by atoms with Crippen LogP contribution in [0.3, 0.4) is 0 Å². The van der Waals surface area contributed by atoms with Gasteiger partial charge in [0.15, 0.2) is 5.15 Å². The summed E-state index contributed by atoms with van der Waals surface area (Å²) in [6, 6.07) is 2.03. The second-order valence-electron chi connectivity index (χ2n) is 5.72. The molecule has 5 nitrogen and oxygen atoms in total. The molecule has 0 aromatic carbocycles. The van der Waals surface area contributed by atoms with Crippen LogP contribution in [0.5, 0.6) is 0 Å². The van der Waals surface area contributed by atoms with Gasteiger partial charge in [-0.1, -0.05) is 11.6 Å². The predicted molar refractivity (Wildman–Crippen MR) is 82.2 cm³/mol. The standard InChI is InChI=1S/C13H17BrClN3O2/c1-13(2,3)20-12(19)18-6-9(7-18)17-10-4-8(14)5-16-11(10)15/h4-5,9,17H,6-7H2,1-3H3. The zero-order chi connectivity index (χ0) is 14.9. The Morgan fingerprint density at radius 3 is 2.80 bits per heavy atom. The summed E-state index contributed by atoms with van der Waals surface area (Å²) in [4.78, 5) is 17.5. The molecule has 1 aliphatic rings. The highest BCUT2D eigenvalue weighted by atomic mass is 79.9. The highest BCUT2D eigenvalue weighted by Gasteiger charge is 2.33. The molecule has 0 aliphatic carbocycles. The number of hydrogen-bond acceptors (Lipinski definition) is 4. The molecule has 1 amide bonds. The van der Waals surface area contributed by atoms with Gasteiger partial charge in [-0.15, -0.1) is 0 Å². The quantitative estimate of drug-likeness (QED) is 0.818. The fourth-order valence-electron chi connectivity index (χ4n) is 1.79. The molecule has 1 aromatic rings. The van der Waals surface area contributed by atoms with E-state index in [4.69, 9.17) is 16.3 Å². The van der Waals surface area contributed by atoms with Crippen LogP contribution in [0, 0.1) is 0 Å². The van der Waals surface area contributed by atoms with Crippen molar-refractivity contribution in [2.75, 3.05) is 18.4 Å². The van der Waals surface area contributed by atoms with E-state index in [0.717, 1.165) is 10.2 Å². The maximum atomic E-state index is 11.8. The number of carbonyl (C=O) groups excluding carboxylic acids is 1. The maximum absolute atomic E-state index is 11.8. The minimum absolute atomic E-state index is 0.163. The molecule has 2 rings (SSSR count). The van der Waals surface area contributed by atoms with Crippen LogP contribution < -0.4 is 5.32 Å². The molecule has 1 aromatic heterocycles. The van der Waals surface area contributed by atoms with Crippen molar-refractivity contribution < 1.29 is 9.53 Å². The van der Waals surface area contributed by atoms with E-state index >= 15 is 0 Å². The lowest BCUT2D eigenvalue weighted by molar-refractivity contribution is 0.0105. The molecular formula is C13H17BrClN3O2. The molecule has 0 bridgehead atoms. The maximum Gasteiger partial charge on any atom is 0.410 e. The van der Waals surface area contributed by atoms with Crippen molar-refractivity contribution in [3.05, 3.63) is 21.9 Å². The number of aromatic nitrogens is 1. The molecule has 0 unspecified atom stereocenters. The predicted octanol–water partition coefficient (Wildman–Crippen LogP) is 3.53. The minimum atomic E-state index is -0.465. The summed E-state index contributed by atoms with van der Waals surface area (Å²) in [5.41, 5.74) is 0.294. The van der Waals surface area contributed by atoms with Gasteiger partial charge in [-0.3, -0.25) is 0 Å². The summed E-state index contributed by atoms with van der Waals surface area (Å²) < 4.78 is 6.15. The van der Waals surface area contributed by atoms with Crippen LogP contribution in [-0.4, -0.2) is 40.7 Å². The first kappa shape index (κ1) is 15.4. The number of hydrogen-bond donors (Lipinski definition) is 1. The molecule has 7 heteroatoms. The number of carbonyl (C=O) groups is 1. The number of rotatable bonds is 2. The van der Waals surface area contributed by atoms with E-state index in [0.29, 0.717) is 18.2 Å². The molecule has 1 N–H and O–H groups in total. The Balaban J connectivity index is 1.85. The number of nitrogens with one attached hydrogen (secondary N) is 1. The summed E-state index contributed by atoms with van der Waals surface area (Å²) in [7, 11) is 0. The lowest BCUT2D eigenvalue weighted by Crippen LogP contribution is -2.57. The first-order chi connectivity index (χ1) is 9.24. The summed E-state index contributed by atoms with van der Waals surface area (Å²) in [6.45, 7) is 6.75. The summed E-state index contributed by atoms with van der Waals surface area (Å²) in [6.07, 6.45) is 1.36. The largest absolute Gasteiger partial charge is 0.444 e. The van der Waals surface area contributed by atoms with Crippen molar-refractivity contribution in [3.8, 4) is 0 Å². The van der Waals surface area contributed by atoms with Gasteiger partial charge in [0.05, 0.1) is 11.7 Å². The van der Waals surface area contributed by atoms with E-state index in [1.807, 2.05) is 26.8 Å². The Labute approximate surface area is 131 Å². The Bertz CT molecular complexity index is 513. The third-order valence-corrected chi connectivity index (χ3v) is 3.43. The van der Waals surface area contributed by atoms with Crippen LogP contribution in [0.15, 0.2) is 16.7 Å². The molecular weight excluding hydrogens is 346 g/mol. The zero-order valence-corrected chi connectivity index (χ0v) is 14.0. The molecule has 110 valence electrons. The van der Waals surface area contributed by atoms with E-state index in [1.165, 1.54) is 0 Å². The number of anilines is 1. The van der Waals surface area contributed by atoms with Crippen LogP contribution in [-0.2, 0) is 4.74 Å². The van der Waals surface area contributed by atoms with Gasteiger partial charge >= 0.3 is 6.09 Å². The zero-order valence-electron chi connectivity index (χ0n) is 11.6. The van der Waals surface area contributed by atoms with Gasteiger partial charge in [-0.25, -0.2) is 9.78 Å². The van der Waals surface area contributed by atoms with E-state index in [2.05, 4.69) is 26.2 Å². The molecule has 20 heavy (non-hydrogen) atoms. The average molecular weight is 363 g/mol. The Morgan fingerprint density at radius 1 is 1.55 bits per heavy atom. The molecule has 0 spiro atoms. The van der Waals surface area contributed by atoms with Crippen molar-refractivity contribution in [2.24, 2.45) is 0 Å². The lowest BCUT2D eigenvalue weighted by atomic mass is 10.1. The number of amides is 1. The minimum Gasteiger partial charge on any atom is -0.444 e. The number of ether oxygens (including phenoxy) is 1. The van der Waals surface area contributed by atoms with E-state index < -0.39 is 5.60 Å². The fourth-order valence-corrected chi connectivity index (χ4v) is 2.28. The van der Waals surface area contributed by atoms with Gasteiger partial charge < -0.3 is 15.0 Å². The van der Waals surface area contributed by atoms with Gasteiger partial charge in [0, 0.05) is 23.8 Å². The van der Waals surface area contributed by atoms with Crippen molar-refractivity contribution in [1.82, 2.24) is 9.88 Å². The van der Waals surface area contributed by atoms with Crippen molar-refractivity contribution >= 4 is 39.3 Å². The Morgan fingerprint density at radius 2 is 2.20 bits per heavy atom. The molecule has 0 atom stereocenters. The second kappa shape index (κ2) is 5.77. The topological polar surface area (TPSA) is 54.5 Å². The smallest absolute Gasteiger partial charge is 0.410 e. The molecule has 2 heterocycles. The van der Waals surface area contributed by atoms with Crippen LogP contribution in [0.25, 0.3) is 0 Å². The van der Waals surface area contributed by atoms with Gasteiger partial charge in [-0.2, -0.15) is 0 Å². The number of halogens is 2. The summed E-state index contributed by atoms with van der Waals surface area (Å²) in [5.74, 6) is 0. The highest BCUT2D eigenvalue weighted by molar-refractivity contribution is 9.10. The monoisotopic (exact) mass is 361 g/mol.